The van der Waals surface area contributed by atoms with E-state index in [1.165, 1.54) is 14.0 Å². The van der Waals surface area contributed by atoms with Crippen LogP contribution in [0.5, 0.6) is 0 Å². The van der Waals surface area contributed by atoms with Gasteiger partial charge in [-0.15, -0.1) is 0 Å². The van der Waals surface area contributed by atoms with Gasteiger partial charge in [0.05, 0.1) is 19.8 Å². The summed E-state index contributed by atoms with van der Waals surface area (Å²) in [5.74, 6) is 0.570. The van der Waals surface area contributed by atoms with E-state index >= 15 is 0 Å². The minimum Gasteiger partial charge on any atom is -0.378 e. The van der Waals surface area contributed by atoms with Gasteiger partial charge in [0.2, 0.25) is 17.7 Å². The van der Waals surface area contributed by atoms with Crippen molar-refractivity contribution in [1.82, 2.24) is 21.3 Å². The van der Waals surface area contributed by atoms with Crippen molar-refractivity contribution < 1.29 is 28.7 Å². The van der Waals surface area contributed by atoms with Gasteiger partial charge in [-0.3, -0.25) is 14.4 Å². The van der Waals surface area contributed by atoms with E-state index in [9.17, 15) is 19.2 Å². The maximum atomic E-state index is 11.3. The molecule has 0 heterocycles. The Morgan fingerprint density at radius 3 is 1.57 bits per heavy atom. The maximum absolute atomic E-state index is 11.3. The van der Waals surface area contributed by atoms with E-state index < -0.39 is 6.04 Å². The third-order valence-electron chi connectivity index (χ3n) is 3.11. The van der Waals surface area contributed by atoms with E-state index in [4.69, 9.17) is 9.47 Å². The molecular weight excluding hydrogens is 452 g/mol. The van der Waals surface area contributed by atoms with Crippen LogP contribution in [-0.4, -0.2) is 82.7 Å². The maximum Gasteiger partial charge on any atom is 0.246 e. The van der Waals surface area contributed by atoms with Crippen LogP contribution in [0.2, 0.25) is 0 Å². The number of ketones is 1. The van der Waals surface area contributed by atoms with Crippen LogP contribution in [0.3, 0.4) is 0 Å². The van der Waals surface area contributed by atoms with Crippen molar-refractivity contribution in [3.8, 4) is 0 Å². The van der Waals surface area contributed by atoms with Crippen LogP contribution >= 0.6 is 0 Å². The number of nitrogens with one attached hydrogen (secondary N) is 4. The summed E-state index contributed by atoms with van der Waals surface area (Å²) < 4.78 is 10.3. The largest absolute Gasteiger partial charge is 0.378 e. The second-order valence-corrected chi connectivity index (χ2v) is 8.31. The van der Waals surface area contributed by atoms with Crippen LogP contribution in [0.4, 0.5) is 0 Å². The molecule has 0 rings (SSSR count). The van der Waals surface area contributed by atoms with Crippen LogP contribution in [0.25, 0.3) is 0 Å². The molecule has 0 bridgehead atoms. The second-order valence-electron chi connectivity index (χ2n) is 8.31. The van der Waals surface area contributed by atoms with Crippen LogP contribution in [0.15, 0.2) is 0 Å². The molecule has 0 aliphatic rings. The summed E-state index contributed by atoms with van der Waals surface area (Å²) in [7, 11) is 3.36. The molecule has 0 aromatic heterocycles. The Balaban J connectivity index is -0.000000144. The number of hydrogen-bond acceptors (Lipinski definition) is 7. The second kappa shape index (κ2) is 32.0. The van der Waals surface area contributed by atoms with Gasteiger partial charge >= 0.3 is 0 Å². The highest BCUT2D eigenvalue weighted by Gasteiger charge is 2.13. The molecule has 0 aromatic rings. The Morgan fingerprint density at radius 1 is 0.800 bits per heavy atom. The number of rotatable bonds is 12. The standard InChI is InChI=1S/C11H23N3O4.C5H11NO.C4H8O.C4H10.CH4/c1-9(11(16)13-3)14-10(15)8-18-7-6-17-5-4-12-2;1-4(2)6-5(3)7;1-3-4(2)5;1-4(2)3;/h9,12H,4-8H2,1-3H3,(H,13,16)(H,14,15);4H,1-3H3,(H,6,7);3H2,1-2H3;4H,1-3H3;1H4. The molecule has 10 nitrogen and oxygen atoms in total. The zero-order valence-corrected chi connectivity index (χ0v) is 23.4. The highest BCUT2D eigenvalue weighted by Crippen LogP contribution is 1.84. The SMILES string of the molecule is C.CC(=O)NC(C)C.CC(C)C.CCC(C)=O.CNCCOCCOCC(=O)NC(C)C(=O)NC. The quantitative estimate of drug-likeness (QED) is 0.297. The van der Waals surface area contributed by atoms with Crippen LogP contribution in [0, 0.1) is 5.92 Å². The van der Waals surface area contributed by atoms with Crippen molar-refractivity contribution in [3.05, 3.63) is 0 Å². The molecule has 0 fully saturated rings. The molecule has 1 atom stereocenters. The smallest absolute Gasteiger partial charge is 0.246 e. The monoisotopic (exact) mass is 508 g/mol. The molecule has 212 valence electrons. The van der Waals surface area contributed by atoms with Gasteiger partial charge in [-0.2, -0.15) is 0 Å². The third-order valence-corrected chi connectivity index (χ3v) is 3.11. The summed E-state index contributed by atoms with van der Waals surface area (Å²) >= 11 is 0. The van der Waals surface area contributed by atoms with Crippen molar-refractivity contribution in [2.24, 2.45) is 5.92 Å². The zero-order valence-electron chi connectivity index (χ0n) is 23.4. The molecule has 3 amide bonds. The molecule has 0 saturated heterocycles. The lowest BCUT2D eigenvalue weighted by molar-refractivity contribution is -0.131. The average molecular weight is 509 g/mol. The van der Waals surface area contributed by atoms with Crippen LogP contribution in [0.1, 0.15) is 76.2 Å². The number of likely N-dealkylation sites (N-methyl/N-ethyl adjacent to an activating group) is 2. The number of ether oxygens (including phenoxy) is 2. The molecule has 0 spiro atoms. The predicted octanol–water partition coefficient (Wildman–Crippen LogP) is 2.30. The molecule has 0 radical (unpaired) electrons. The Bertz CT molecular complexity index is 511. The highest BCUT2D eigenvalue weighted by molar-refractivity contribution is 5.87. The number of carbonyl (C=O) groups excluding carboxylic acids is 4. The fourth-order valence-corrected chi connectivity index (χ4v) is 1.53. The van der Waals surface area contributed by atoms with Crippen LogP contribution < -0.4 is 21.3 Å². The van der Waals surface area contributed by atoms with Crippen molar-refractivity contribution in [3.63, 3.8) is 0 Å². The fourth-order valence-electron chi connectivity index (χ4n) is 1.53. The van der Waals surface area contributed by atoms with Gasteiger partial charge in [-0.25, -0.2) is 0 Å². The Hall–Kier alpha value is -2.04. The lowest BCUT2D eigenvalue weighted by Crippen LogP contribution is -2.44. The Morgan fingerprint density at radius 2 is 1.26 bits per heavy atom. The minimum absolute atomic E-state index is 0. The average Bonchev–Trinajstić information content (AvgIpc) is 2.71. The summed E-state index contributed by atoms with van der Waals surface area (Å²) in [5, 5.41) is 10.6. The number of Topliss-reactive ketones (excluding diaryl/α,β-unsaturated/α-hetero) is 1. The van der Waals surface area contributed by atoms with E-state index in [1.807, 2.05) is 27.8 Å². The van der Waals surface area contributed by atoms with Gasteiger partial charge in [-0.1, -0.05) is 35.1 Å². The van der Waals surface area contributed by atoms with Crippen molar-refractivity contribution in [2.75, 3.05) is 47.1 Å². The molecule has 0 aliphatic heterocycles. The van der Waals surface area contributed by atoms with Crippen molar-refractivity contribution in [1.29, 1.82) is 0 Å². The van der Waals surface area contributed by atoms with E-state index in [0.29, 0.717) is 26.2 Å². The normalized spacial score (nSPS) is 10.1. The molecule has 1 unspecified atom stereocenters. The van der Waals surface area contributed by atoms with E-state index in [2.05, 4.69) is 42.0 Å². The van der Waals surface area contributed by atoms with Crippen LogP contribution in [-0.2, 0) is 28.7 Å². The van der Waals surface area contributed by atoms with Gasteiger partial charge in [0.15, 0.2) is 0 Å². The van der Waals surface area contributed by atoms with Crippen molar-refractivity contribution in [2.45, 2.75) is 88.2 Å². The first-order valence-corrected chi connectivity index (χ1v) is 11.8. The van der Waals surface area contributed by atoms with E-state index in [1.54, 1.807) is 13.8 Å². The Labute approximate surface area is 215 Å². The number of hydrogen-bond donors (Lipinski definition) is 4. The van der Waals surface area contributed by atoms with Gasteiger partial charge in [-0.05, 0) is 40.7 Å². The number of carbonyl (C=O) groups is 4. The minimum atomic E-state index is -0.557. The van der Waals surface area contributed by atoms with Crippen molar-refractivity contribution >= 4 is 23.5 Å². The van der Waals surface area contributed by atoms with E-state index in [0.717, 1.165) is 12.5 Å². The summed E-state index contributed by atoms with van der Waals surface area (Å²) in [4.78, 5) is 42.4. The first-order chi connectivity index (χ1) is 15.7. The molecule has 0 aliphatic carbocycles. The van der Waals surface area contributed by atoms with Gasteiger partial charge < -0.3 is 35.5 Å². The van der Waals surface area contributed by atoms with Gasteiger partial charge in [0, 0.05) is 33.0 Å². The summed E-state index contributed by atoms with van der Waals surface area (Å²) in [6.07, 6.45) is 0.667. The molecule has 10 heteroatoms. The lowest BCUT2D eigenvalue weighted by Gasteiger charge is -2.12. The summed E-state index contributed by atoms with van der Waals surface area (Å²) in [5.41, 5.74) is 0. The van der Waals surface area contributed by atoms with E-state index in [-0.39, 0.29) is 43.6 Å². The summed E-state index contributed by atoms with van der Waals surface area (Å²) in [6, 6.07) is -0.282. The number of amides is 3. The van der Waals surface area contributed by atoms with Gasteiger partial charge in [0.25, 0.3) is 0 Å². The summed E-state index contributed by atoms with van der Waals surface area (Å²) in [6.45, 7) is 19.0. The topological polar surface area (TPSA) is 135 Å². The highest BCUT2D eigenvalue weighted by atomic mass is 16.5. The molecule has 0 saturated carbocycles. The molecule has 4 N–H and O–H groups in total. The molecular formula is C25H56N4O6. The first kappa shape index (κ1) is 43.1. The third kappa shape index (κ3) is 54.4. The fraction of sp³-hybridized carbons (Fsp3) is 0.840. The van der Waals surface area contributed by atoms with Gasteiger partial charge in [0.1, 0.15) is 18.4 Å². The zero-order chi connectivity index (χ0) is 27.5. The molecule has 0 aromatic carbocycles. The Kier molecular flexibility index (Phi) is 39.3. The first-order valence-electron chi connectivity index (χ1n) is 11.8. The predicted molar refractivity (Wildman–Crippen MR) is 144 cm³/mol. The lowest BCUT2D eigenvalue weighted by atomic mass is 10.3. The molecule has 35 heavy (non-hydrogen) atoms.